The topological polar surface area (TPSA) is 66.0 Å². The van der Waals surface area contributed by atoms with E-state index in [1.165, 1.54) is 18.2 Å². The first kappa shape index (κ1) is 14.4. The third-order valence-electron chi connectivity index (χ3n) is 3.76. The van der Waals surface area contributed by atoms with E-state index in [9.17, 15) is 9.90 Å². The van der Waals surface area contributed by atoms with E-state index < -0.39 is 0 Å². The molecule has 6 heteroatoms. The molecule has 0 saturated carbocycles. The lowest BCUT2D eigenvalue weighted by atomic mass is 10.0. The fraction of sp³-hybridized carbons (Fsp3) is 0.467. The largest absolute Gasteiger partial charge is 0.465 e. The van der Waals surface area contributed by atoms with E-state index in [0.29, 0.717) is 10.7 Å². The third kappa shape index (κ3) is 3.22. The quantitative estimate of drug-likeness (QED) is 0.869. The van der Waals surface area contributed by atoms with Crippen LogP contribution in [0.3, 0.4) is 0 Å². The number of rotatable bonds is 3. The molecule has 2 aliphatic heterocycles. The number of furan rings is 1. The molecule has 1 fully saturated rings. The van der Waals surface area contributed by atoms with Crippen LogP contribution in [0, 0.1) is 0 Å². The van der Waals surface area contributed by atoms with Crippen LogP contribution in [0.15, 0.2) is 32.7 Å². The SMILES string of the molecule is O=C1N=C(N2CCCC[C@H]2CCO)S/C1=C\c1ccco1. The van der Waals surface area contributed by atoms with E-state index in [2.05, 4.69) is 9.89 Å². The zero-order chi connectivity index (χ0) is 14.7. The molecule has 3 rings (SSSR count). The number of hydrogen-bond acceptors (Lipinski definition) is 5. The summed E-state index contributed by atoms with van der Waals surface area (Å²) in [5.41, 5.74) is 0. The van der Waals surface area contributed by atoms with Gasteiger partial charge >= 0.3 is 0 Å². The third-order valence-corrected chi connectivity index (χ3v) is 4.78. The van der Waals surface area contributed by atoms with Gasteiger partial charge in [-0.2, -0.15) is 4.99 Å². The molecule has 112 valence electrons. The summed E-state index contributed by atoms with van der Waals surface area (Å²) in [6, 6.07) is 3.89. The molecule has 0 aromatic carbocycles. The Morgan fingerprint density at radius 1 is 1.52 bits per heavy atom. The summed E-state index contributed by atoms with van der Waals surface area (Å²) >= 11 is 1.40. The van der Waals surface area contributed by atoms with Crippen LogP contribution < -0.4 is 0 Å². The lowest BCUT2D eigenvalue weighted by Gasteiger charge is -2.36. The van der Waals surface area contributed by atoms with Crippen LogP contribution >= 0.6 is 11.8 Å². The summed E-state index contributed by atoms with van der Waals surface area (Å²) in [5.74, 6) is 0.451. The van der Waals surface area contributed by atoms with Gasteiger partial charge in [0.15, 0.2) is 5.17 Å². The Labute approximate surface area is 127 Å². The van der Waals surface area contributed by atoms with Crippen LogP contribution in [0.5, 0.6) is 0 Å². The number of aliphatic hydroxyl groups excluding tert-OH is 1. The number of carbonyl (C=O) groups excluding carboxylic acids is 1. The molecule has 1 saturated heterocycles. The van der Waals surface area contributed by atoms with Gasteiger partial charge in [-0.15, -0.1) is 0 Å². The molecular weight excluding hydrogens is 288 g/mol. The molecule has 1 N–H and O–H groups in total. The number of thioether (sulfide) groups is 1. The predicted molar refractivity (Wildman–Crippen MR) is 82.8 cm³/mol. The number of aliphatic hydroxyl groups is 1. The van der Waals surface area contributed by atoms with Crippen LogP contribution in [0.25, 0.3) is 6.08 Å². The summed E-state index contributed by atoms with van der Waals surface area (Å²) in [5, 5.41) is 9.95. The van der Waals surface area contributed by atoms with Gasteiger partial charge in [0.2, 0.25) is 0 Å². The second-order valence-corrected chi connectivity index (χ2v) is 6.19. The first-order chi connectivity index (χ1) is 10.3. The van der Waals surface area contributed by atoms with Gasteiger partial charge in [-0.1, -0.05) is 0 Å². The number of nitrogens with zero attached hydrogens (tertiary/aromatic N) is 2. The van der Waals surface area contributed by atoms with Crippen molar-refractivity contribution >= 4 is 28.9 Å². The van der Waals surface area contributed by atoms with Gasteiger partial charge in [0.1, 0.15) is 5.76 Å². The van der Waals surface area contributed by atoms with Gasteiger partial charge in [-0.3, -0.25) is 4.79 Å². The highest BCUT2D eigenvalue weighted by Gasteiger charge is 2.31. The lowest BCUT2D eigenvalue weighted by molar-refractivity contribution is -0.113. The van der Waals surface area contributed by atoms with Crippen molar-refractivity contribution in [2.45, 2.75) is 31.7 Å². The van der Waals surface area contributed by atoms with Crippen molar-refractivity contribution in [3.05, 3.63) is 29.1 Å². The maximum absolute atomic E-state index is 12.0. The molecule has 0 bridgehead atoms. The number of hydrogen-bond donors (Lipinski definition) is 1. The van der Waals surface area contributed by atoms with Gasteiger partial charge in [-0.25, -0.2) is 0 Å². The monoisotopic (exact) mass is 306 g/mol. The summed E-state index contributed by atoms with van der Waals surface area (Å²) < 4.78 is 5.24. The van der Waals surface area contributed by atoms with Crippen molar-refractivity contribution in [3.8, 4) is 0 Å². The fourth-order valence-corrected chi connectivity index (χ4v) is 3.72. The number of amides is 1. The molecule has 2 aliphatic rings. The smallest absolute Gasteiger partial charge is 0.286 e. The zero-order valence-corrected chi connectivity index (χ0v) is 12.5. The minimum absolute atomic E-state index is 0.169. The van der Waals surface area contributed by atoms with Crippen molar-refractivity contribution < 1.29 is 14.3 Å². The summed E-state index contributed by atoms with van der Waals surface area (Å²) in [7, 11) is 0. The highest BCUT2D eigenvalue weighted by Crippen LogP contribution is 2.33. The first-order valence-electron chi connectivity index (χ1n) is 7.21. The molecule has 0 aliphatic carbocycles. The number of aliphatic imine (C=N–C) groups is 1. The number of piperidine rings is 1. The number of carbonyl (C=O) groups is 1. The van der Waals surface area contributed by atoms with Crippen molar-refractivity contribution in [2.24, 2.45) is 4.99 Å². The van der Waals surface area contributed by atoms with Crippen molar-refractivity contribution in [1.29, 1.82) is 0 Å². The van der Waals surface area contributed by atoms with Gasteiger partial charge in [0.25, 0.3) is 5.91 Å². The van der Waals surface area contributed by atoms with Gasteiger partial charge in [0, 0.05) is 25.3 Å². The molecule has 3 heterocycles. The Hall–Kier alpha value is -1.53. The van der Waals surface area contributed by atoms with E-state index in [-0.39, 0.29) is 18.6 Å². The highest BCUT2D eigenvalue weighted by atomic mass is 32.2. The standard InChI is InChI=1S/C15H18N2O3S/c18-8-6-11-4-1-2-7-17(11)15-16-14(19)13(21-15)10-12-5-3-9-20-12/h3,5,9-11,18H,1-2,4,6-8H2/b13-10-/t11-/m0/s1. The van der Waals surface area contributed by atoms with Gasteiger partial charge < -0.3 is 14.4 Å². The Kier molecular flexibility index (Phi) is 4.45. The molecule has 1 atom stereocenters. The highest BCUT2D eigenvalue weighted by molar-refractivity contribution is 8.18. The van der Waals surface area contributed by atoms with E-state index in [4.69, 9.17) is 4.42 Å². The van der Waals surface area contributed by atoms with Crippen molar-refractivity contribution in [1.82, 2.24) is 4.90 Å². The van der Waals surface area contributed by atoms with E-state index >= 15 is 0 Å². The average Bonchev–Trinajstić information content (AvgIpc) is 3.11. The molecule has 1 amide bonds. The molecule has 0 spiro atoms. The van der Waals surface area contributed by atoms with Gasteiger partial charge in [0.05, 0.1) is 11.2 Å². The summed E-state index contributed by atoms with van der Waals surface area (Å²) in [4.78, 5) is 19.0. The summed E-state index contributed by atoms with van der Waals surface area (Å²) in [6.45, 7) is 1.07. The number of likely N-dealkylation sites (tertiary alicyclic amines) is 1. The van der Waals surface area contributed by atoms with Crippen molar-refractivity contribution in [2.75, 3.05) is 13.2 Å². The van der Waals surface area contributed by atoms with Crippen molar-refractivity contribution in [3.63, 3.8) is 0 Å². The second-order valence-electron chi connectivity index (χ2n) is 5.18. The molecule has 1 aromatic rings. The Bertz CT molecular complexity index is 563. The average molecular weight is 306 g/mol. The minimum Gasteiger partial charge on any atom is -0.465 e. The number of amidine groups is 1. The molecule has 21 heavy (non-hydrogen) atoms. The fourth-order valence-electron chi connectivity index (χ4n) is 2.72. The van der Waals surface area contributed by atoms with Crippen LogP contribution in [-0.4, -0.2) is 40.3 Å². The Morgan fingerprint density at radius 2 is 2.43 bits per heavy atom. The van der Waals surface area contributed by atoms with Crippen LogP contribution in [-0.2, 0) is 4.79 Å². The van der Waals surface area contributed by atoms with Crippen LogP contribution in [0.4, 0.5) is 0 Å². The minimum atomic E-state index is -0.209. The van der Waals surface area contributed by atoms with E-state index in [0.717, 1.165) is 31.0 Å². The normalized spacial score (nSPS) is 24.7. The summed E-state index contributed by atoms with van der Waals surface area (Å²) in [6.07, 6.45) is 7.36. The first-order valence-corrected chi connectivity index (χ1v) is 8.03. The van der Waals surface area contributed by atoms with Crippen LogP contribution in [0.1, 0.15) is 31.4 Å². The maximum Gasteiger partial charge on any atom is 0.286 e. The molecule has 0 radical (unpaired) electrons. The molecular formula is C15H18N2O3S. The Balaban J connectivity index is 1.74. The van der Waals surface area contributed by atoms with Gasteiger partial charge in [-0.05, 0) is 49.6 Å². The Morgan fingerprint density at radius 3 is 3.19 bits per heavy atom. The lowest BCUT2D eigenvalue weighted by Crippen LogP contribution is -2.42. The van der Waals surface area contributed by atoms with Crippen LogP contribution in [0.2, 0.25) is 0 Å². The van der Waals surface area contributed by atoms with E-state index in [1.54, 1.807) is 18.4 Å². The molecule has 0 unspecified atom stereocenters. The molecule has 5 nitrogen and oxygen atoms in total. The zero-order valence-electron chi connectivity index (χ0n) is 11.7. The predicted octanol–water partition coefficient (Wildman–Crippen LogP) is 2.49. The maximum atomic E-state index is 12.0. The van der Waals surface area contributed by atoms with E-state index in [1.807, 2.05) is 6.07 Å². The molecule has 1 aromatic heterocycles. The second kappa shape index (κ2) is 6.49.